The molecule has 108 valence electrons. The quantitative estimate of drug-likeness (QED) is 0.575. The van der Waals surface area contributed by atoms with Gasteiger partial charge in [0, 0.05) is 0 Å². The van der Waals surface area contributed by atoms with Crippen LogP contribution in [0.1, 0.15) is 0 Å². The summed E-state index contributed by atoms with van der Waals surface area (Å²) in [6, 6.07) is 11.9. The zero-order valence-electron chi connectivity index (χ0n) is 11.0. The Hall–Kier alpha value is -2.31. The number of rotatable bonds is 2. The van der Waals surface area contributed by atoms with Crippen LogP contribution >= 0.6 is 22.9 Å². The van der Waals surface area contributed by atoms with E-state index >= 15 is 0 Å². The van der Waals surface area contributed by atoms with Crippen molar-refractivity contribution < 1.29 is 4.39 Å². The maximum Gasteiger partial charge on any atom is 0.189 e. The summed E-state index contributed by atoms with van der Waals surface area (Å²) in [6.45, 7) is 0. The van der Waals surface area contributed by atoms with Gasteiger partial charge in [0.15, 0.2) is 16.1 Å². The predicted molar refractivity (Wildman–Crippen MR) is 87.4 cm³/mol. The van der Waals surface area contributed by atoms with Crippen molar-refractivity contribution in [2.24, 2.45) is 0 Å². The molecule has 22 heavy (non-hydrogen) atoms. The number of hydrogen-bond donors (Lipinski definition) is 1. The molecule has 0 aliphatic carbocycles. The van der Waals surface area contributed by atoms with Gasteiger partial charge < -0.3 is 5.32 Å². The van der Waals surface area contributed by atoms with Crippen LogP contribution < -0.4 is 5.32 Å². The van der Waals surface area contributed by atoms with Gasteiger partial charge in [0.25, 0.3) is 0 Å². The van der Waals surface area contributed by atoms with E-state index in [2.05, 4.69) is 20.3 Å². The summed E-state index contributed by atoms with van der Waals surface area (Å²) in [5, 5.41) is 3.91. The fourth-order valence-electron chi connectivity index (χ4n) is 2.11. The van der Waals surface area contributed by atoms with Gasteiger partial charge in [0.1, 0.15) is 5.82 Å². The van der Waals surface area contributed by atoms with Crippen molar-refractivity contribution in [2.75, 3.05) is 5.32 Å². The number of nitrogens with one attached hydrogen (secondary N) is 1. The Balaban J connectivity index is 1.76. The number of benzene rings is 2. The second-order valence-corrected chi connectivity index (χ2v) is 6.00. The van der Waals surface area contributed by atoms with Crippen LogP contribution in [-0.2, 0) is 0 Å². The minimum Gasteiger partial charge on any atom is -0.314 e. The van der Waals surface area contributed by atoms with Crippen molar-refractivity contribution in [1.29, 1.82) is 0 Å². The van der Waals surface area contributed by atoms with Gasteiger partial charge >= 0.3 is 0 Å². The number of para-hydroxylation sites is 2. The van der Waals surface area contributed by atoms with E-state index in [9.17, 15) is 4.39 Å². The molecule has 2 heterocycles. The number of hydrogen-bond acceptors (Lipinski definition) is 5. The molecular weight excluding hydrogens is 323 g/mol. The van der Waals surface area contributed by atoms with Gasteiger partial charge in [-0.15, -0.1) is 0 Å². The highest BCUT2D eigenvalue weighted by molar-refractivity contribution is 7.22. The normalized spacial score (nSPS) is 11.2. The third-order valence-electron chi connectivity index (χ3n) is 3.10. The maximum atomic E-state index is 13.2. The van der Waals surface area contributed by atoms with Crippen molar-refractivity contribution in [3.05, 3.63) is 53.4 Å². The second kappa shape index (κ2) is 5.15. The summed E-state index contributed by atoms with van der Waals surface area (Å²) in [7, 11) is 0. The van der Waals surface area contributed by atoms with Crippen molar-refractivity contribution in [3.63, 3.8) is 0 Å². The topological polar surface area (TPSA) is 50.7 Å². The molecule has 0 aliphatic rings. The Bertz CT molecular complexity index is 1000. The van der Waals surface area contributed by atoms with Gasteiger partial charge in [-0.25, -0.2) is 19.3 Å². The average Bonchev–Trinajstić information content (AvgIpc) is 2.89. The molecule has 0 unspecified atom stereocenters. The highest BCUT2D eigenvalue weighted by atomic mass is 35.5. The maximum absolute atomic E-state index is 13.2. The van der Waals surface area contributed by atoms with Crippen LogP contribution in [0, 0.1) is 5.82 Å². The van der Waals surface area contributed by atoms with Crippen LogP contribution in [0.3, 0.4) is 0 Å². The lowest BCUT2D eigenvalue weighted by molar-refractivity contribution is 0.630. The molecule has 0 amide bonds. The Morgan fingerprint density at radius 2 is 1.73 bits per heavy atom. The predicted octanol–water partition coefficient (Wildman–Crippen LogP) is 4.78. The monoisotopic (exact) mass is 330 g/mol. The molecule has 7 heteroatoms. The minimum absolute atomic E-state index is 0.268. The average molecular weight is 331 g/mol. The Kier molecular flexibility index (Phi) is 3.13. The number of nitrogens with zero attached hydrogens (tertiary/aromatic N) is 3. The lowest BCUT2D eigenvalue weighted by Crippen LogP contribution is -1.96. The highest BCUT2D eigenvalue weighted by Crippen LogP contribution is 2.30. The van der Waals surface area contributed by atoms with E-state index in [0.717, 1.165) is 21.3 Å². The molecule has 4 rings (SSSR count). The fraction of sp³-hybridized carbons (Fsp3) is 0. The number of anilines is 2. The molecule has 0 bridgehead atoms. The second-order valence-electron chi connectivity index (χ2n) is 4.61. The molecule has 0 saturated heterocycles. The first-order valence-corrected chi connectivity index (χ1v) is 7.64. The van der Waals surface area contributed by atoms with Gasteiger partial charge in [0.05, 0.1) is 21.3 Å². The van der Waals surface area contributed by atoms with Crippen LogP contribution in [0.15, 0.2) is 42.5 Å². The molecule has 0 atom stereocenters. The molecule has 0 fully saturated rings. The number of fused-ring (bicyclic) bond motifs is 2. The molecule has 0 radical (unpaired) electrons. The van der Waals surface area contributed by atoms with Gasteiger partial charge in [-0.3, -0.25) is 0 Å². The standard InChI is InChI=1S/C15H8ClFN4S/c16-13-14(19-10-4-2-1-3-9(10)18-13)21-15-20-11-6-5-8(17)7-12(11)22-15/h1-7H,(H,19,20,21). The lowest BCUT2D eigenvalue weighted by Gasteiger charge is -2.05. The summed E-state index contributed by atoms with van der Waals surface area (Å²) >= 11 is 7.49. The first kappa shape index (κ1) is 13.4. The molecule has 0 spiro atoms. The summed E-state index contributed by atoms with van der Waals surface area (Å²) in [5.74, 6) is 0.145. The number of thiazole rings is 1. The SMILES string of the molecule is Fc1ccc2nc(Nc3nc4ccccc4nc3Cl)sc2c1. The largest absolute Gasteiger partial charge is 0.314 e. The zero-order chi connectivity index (χ0) is 15.1. The minimum atomic E-state index is -0.286. The number of aromatic nitrogens is 3. The lowest BCUT2D eigenvalue weighted by atomic mass is 10.3. The van der Waals surface area contributed by atoms with E-state index in [1.165, 1.54) is 23.5 Å². The van der Waals surface area contributed by atoms with E-state index in [4.69, 9.17) is 11.6 Å². The van der Waals surface area contributed by atoms with E-state index in [1.807, 2.05) is 24.3 Å². The Morgan fingerprint density at radius 1 is 0.955 bits per heavy atom. The van der Waals surface area contributed by atoms with Crippen molar-refractivity contribution in [2.45, 2.75) is 0 Å². The van der Waals surface area contributed by atoms with Crippen molar-refractivity contribution >= 4 is 55.1 Å². The van der Waals surface area contributed by atoms with Crippen LogP contribution in [0.5, 0.6) is 0 Å². The van der Waals surface area contributed by atoms with E-state index < -0.39 is 0 Å². The zero-order valence-corrected chi connectivity index (χ0v) is 12.6. The van der Waals surface area contributed by atoms with Crippen LogP contribution in [0.25, 0.3) is 21.3 Å². The summed E-state index contributed by atoms with van der Waals surface area (Å²) in [4.78, 5) is 13.1. The smallest absolute Gasteiger partial charge is 0.189 e. The fourth-order valence-corrected chi connectivity index (χ4v) is 3.18. The summed E-state index contributed by atoms with van der Waals surface area (Å²) < 4.78 is 14.0. The summed E-state index contributed by atoms with van der Waals surface area (Å²) in [6.07, 6.45) is 0. The third kappa shape index (κ3) is 2.36. The Morgan fingerprint density at radius 3 is 2.55 bits per heavy atom. The van der Waals surface area contributed by atoms with Crippen molar-refractivity contribution in [3.8, 4) is 0 Å². The van der Waals surface area contributed by atoms with E-state index in [-0.39, 0.29) is 11.0 Å². The van der Waals surface area contributed by atoms with E-state index in [1.54, 1.807) is 6.07 Å². The molecule has 4 nitrogen and oxygen atoms in total. The first-order valence-electron chi connectivity index (χ1n) is 6.44. The van der Waals surface area contributed by atoms with Gasteiger partial charge in [-0.1, -0.05) is 35.1 Å². The van der Waals surface area contributed by atoms with Crippen LogP contribution in [0.2, 0.25) is 5.15 Å². The molecule has 2 aromatic heterocycles. The molecule has 0 aliphatic heterocycles. The molecule has 4 aromatic rings. The van der Waals surface area contributed by atoms with Crippen molar-refractivity contribution in [1.82, 2.24) is 15.0 Å². The summed E-state index contributed by atoms with van der Waals surface area (Å²) in [5.41, 5.74) is 2.18. The highest BCUT2D eigenvalue weighted by Gasteiger charge is 2.10. The van der Waals surface area contributed by atoms with Crippen LogP contribution in [-0.4, -0.2) is 15.0 Å². The van der Waals surface area contributed by atoms with Gasteiger partial charge in [-0.2, -0.15) is 0 Å². The first-order chi connectivity index (χ1) is 10.7. The van der Waals surface area contributed by atoms with Gasteiger partial charge in [-0.05, 0) is 30.3 Å². The molecule has 2 aromatic carbocycles. The molecular formula is C15H8ClFN4S. The molecule has 0 saturated carbocycles. The van der Waals surface area contributed by atoms with Gasteiger partial charge in [0.2, 0.25) is 0 Å². The third-order valence-corrected chi connectivity index (χ3v) is 4.30. The van der Waals surface area contributed by atoms with E-state index in [0.29, 0.717) is 10.9 Å². The number of halogens is 2. The Labute approximate surface area is 133 Å². The van der Waals surface area contributed by atoms with Crippen LogP contribution in [0.4, 0.5) is 15.3 Å². The molecule has 1 N–H and O–H groups in total.